The Kier molecular flexibility index (Phi) is 4.91. The number of rotatable bonds is 3. The van der Waals surface area contributed by atoms with E-state index in [4.69, 9.17) is 4.98 Å². The van der Waals surface area contributed by atoms with Crippen molar-refractivity contribution < 1.29 is 0 Å². The molecule has 0 amide bonds. The second-order valence-corrected chi connectivity index (χ2v) is 7.97. The third kappa shape index (κ3) is 3.72. The first-order chi connectivity index (χ1) is 13.1. The van der Waals surface area contributed by atoms with Crippen LogP contribution in [0.4, 0.5) is 5.82 Å². The summed E-state index contributed by atoms with van der Waals surface area (Å²) in [7, 11) is 0. The maximum absolute atomic E-state index is 9.72. The van der Waals surface area contributed by atoms with Gasteiger partial charge in [-0.05, 0) is 56.9 Å². The first-order valence-electron chi connectivity index (χ1n) is 9.35. The van der Waals surface area contributed by atoms with Gasteiger partial charge >= 0.3 is 0 Å². The van der Waals surface area contributed by atoms with Crippen molar-refractivity contribution in [3.63, 3.8) is 0 Å². The van der Waals surface area contributed by atoms with Crippen LogP contribution in [0, 0.1) is 25.2 Å². The van der Waals surface area contributed by atoms with Gasteiger partial charge < -0.3 is 4.90 Å². The van der Waals surface area contributed by atoms with Gasteiger partial charge in [0.1, 0.15) is 16.9 Å². The van der Waals surface area contributed by atoms with Crippen LogP contribution in [-0.2, 0) is 0 Å². The van der Waals surface area contributed by atoms with E-state index in [9.17, 15) is 5.26 Å². The topological polar surface area (TPSA) is 52.8 Å². The van der Waals surface area contributed by atoms with E-state index >= 15 is 0 Å². The van der Waals surface area contributed by atoms with Crippen LogP contribution in [0.15, 0.2) is 29.6 Å². The van der Waals surface area contributed by atoms with Gasteiger partial charge in [-0.15, -0.1) is 11.3 Å². The molecule has 2 aromatic heterocycles. The summed E-state index contributed by atoms with van der Waals surface area (Å²) in [5.41, 5.74) is 4.76. The molecule has 136 valence electrons. The summed E-state index contributed by atoms with van der Waals surface area (Å²) < 4.78 is 0. The lowest BCUT2D eigenvalue weighted by Crippen LogP contribution is -2.30. The number of fused-ring (bicyclic) bond motifs is 1. The smallest absolute Gasteiger partial charge is 0.136 e. The Morgan fingerprint density at radius 3 is 2.67 bits per heavy atom. The number of aromatic nitrogens is 2. The minimum atomic E-state index is 0.597. The molecule has 1 saturated heterocycles. The number of allylic oxidation sites excluding steroid dienone is 1. The van der Waals surface area contributed by atoms with Crippen molar-refractivity contribution >= 4 is 39.7 Å². The lowest BCUT2D eigenvalue weighted by molar-refractivity contribution is 0.574. The molecular formula is C22H22N4S. The van der Waals surface area contributed by atoms with Gasteiger partial charge in [-0.1, -0.05) is 12.1 Å². The summed E-state index contributed by atoms with van der Waals surface area (Å²) in [6.07, 6.45) is 5.60. The zero-order chi connectivity index (χ0) is 18.8. The molecule has 1 fully saturated rings. The summed E-state index contributed by atoms with van der Waals surface area (Å²) in [4.78, 5) is 11.8. The van der Waals surface area contributed by atoms with Crippen molar-refractivity contribution in [3.05, 3.63) is 51.5 Å². The van der Waals surface area contributed by atoms with Gasteiger partial charge in [-0.3, -0.25) is 0 Å². The zero-order valence-electron chi connectivity index (χ0n) is 15.7. The Hall–Kier alpha value is -2.71. The monoisotopic (exact) mass is 374 g/mol. The third-order valence-corrected chi connectivity index (χ3v) is 5.90. The van der Waals surface area contributed by atoms with Crippen LogP contribution < -0.4 is 4.90 Å². The first kappa shape index (κ1) is 17.7. The van der Waals surface area contributed by atoms with Gasteiger partial charge in [0.2, 0.25) is 0 Å². The van der Waals surface area contributed by atoms with Gasteiger partial charge in [0.05, 0.1) is 11.1 Å². The molecule has 0 N–H and O–H groups in total. The zero-order valence-corrected chi connectivity index (χ0v) is 16.5. The number of aryl methyl sites for hydroxylation is 2. The number of hydrogen-bond acceptors (Lipinski definition) is 5. The number of pyridine rings is 1. The fraction of sp³-hybridized carbons (Fsp3) is 0.318. The van der Waals surface area contributed by atoms with E-state index in [1.165, 1.54) is 36.2 Å². The van der Waals surface area contributed by atoms with E-state index in [2.05, 4.69) is 47.1 Å². The molecular weight excluding hydrogens is 352 g/mol. The minimum absolute atomic E-state index is 0.597. The summed E-state index contributed by atoms with van der Waals surface area (Å²) in [5, 5.41) is 13.6. The van der Waals surface area contributed by atoms with Crippen molar-refractivity contribution in [1.29, 1.82) is 5.26 Å². The molecule has 27 heavy (non-hydrogen) atoms. The molecule has 3 aromatic rings. The predicted molar refractivity (Wildman–Crippen MR) is 113 cm³/mol. The lowest BCUT2D eigenvalue weighted by Gasteiger charge is -2.29. The van der Waals surface area contributed by atoms with Crippen LogP contribution in [0.2, 0.25) is 0 Å². The highest BCUT2D eigenvalue weighted by Crippen LogP contribution is 2.30. The van der Waals surface area contributed by atoms with Crippen molar-refractivity contribution in [2.75, 3.05) is 18.0 Å². The van der Waals surface area contributed by atoms with Crippen LogP contribution >= 0.6 is 11.3 Å². The predicted octanol–water partition coefficient (Wildman–Crippen LogP) is 5.36. The number of thiazole rings is 1. The summed E-state index contributed by atoms with van der Waals surface area (Å²) >= 11 is 1.51. The van der Waals surface area contributed by atoms with Gasteiger partial charge in [-0.2, -0.15) is 5.26 Å². The minimum Gasteiger partial charge on any atom is -0.356 e. The van der Waals surface area contributed by atoms with E-state index in [0.717, 1.165) is 46.1 Å². The molecule has 0 bridgehead atoms. The summed E-state index contributed by atoms with van der Waals surface area (Å²) in [6, 6.07) is 10.8. The molecule has 0 spiro atoms. The lowest BCUT2D eigenvalue weighted by atomic mass is 10.1. The molecule has 5 heteroatoms. The molecule has 1 aliphatic rings. The fourth-order valence-electron chi connectivity index (χ4n) is 3.52. The largest absolute Gasteiger partial charge is 0.356 e. The Labute approximate surface area is 163 Å². The van der Waals surface area contributed by atoms with Crippen LogP contribution in [0.25, 0.3) is 22.6 Å². The fourth-order valence-corrected chi connectivity index (χ4v) is 4.29. The molecule has 4 nitrogen and oxygen atoms in total. The molecule has 0 saturated carbocycles. The third-order valence-electron chi connectivity index (χ3n) is 4.91. The summed E-state index contributed by atoms with van der Waals surface area (Å²) in [6.45, 7) is 6.08. The number of piperidine rings is 1. The SMILES string of the molecule is Cc1ccc2cc(C=C(C#N)c3nc(C)cs3)c(N3CCCCC3)nc2c1. The average molecular weight is 375 g/mol. The number of nitriles is 1. The number of benzene rings is 1. The van der Waals surface area contributed by atoms with Crippen molar-refractivity contribution in [2.45, 2.75) is 33.1 Å². The Morgan fingerprint density at radius 1 is 1.15 bits per heavy atom. The molecule has 0 aliphatic carbocycles. The van der Waals surface area contributed by atoms with Crippen LogP contribution in [0.1, 0.15) is 41.1 Å². The second kappa shape index (κ2) is 7.50. The maximum atomic E-state index is 9.72. The summed E-state index contributed by atoms with van der Waals surface area (Å²) in [5.74, 6) is 0.980. The van der Waals surface area contributed by atoms with E-state index in [1.807, 2.05) is 18.4 Å². The molecule has 3 heterocycles. The normalized spacial score (nSPS) is 15.1. The molecule has 0 radical (unpaired) electrons. The van der Waals surface area contributed by atoms with Gasteiger partial charge in [0, 0.05) is 35.1 Å². The van der Waals surface area contributed by atoms with Gasteiger partial charge in [-0.25, -0.2) is 9.97 Å². The van der Waals surface area contributed by atoms with E-state index in [0.29, 0.717) is 5.57 Å². The maximum Gasteiger partial charge on any atom is 0.136 e. The van der Waals surface area contributed by atoms with E-state index < -0.39 is 0 Å². The van der Waals surface area contributed by atoms with Gasteiger partial charge in [0.25, 0.3) is 0 Å². The molecule has 0 unspecified atom stereocenters. The highest BCUT2D eigenvalue weighted by Gasteiger charge is 2.17. The molecule has 0 atom stereocenters. The Balaban J connectivity index is 1.87. The van der Waals surface area contributed by atoms with Crippen molar-refractivity contribution in [3.8, 4) is 6.07 Å². The average Bonchev–Trinajstić information content (AvgIpc) is 3.12. The standard InChI is InChI=1S/C22H22N4S/c1-15-6-7-17-11-18(12-19(13-23)22-24-16(2)14-27-22)21(25-20(17)10-15)26-8-4-3-5-9-26/h6-7,10-12,14H,3-5,8-9H2,1-2H3. The number of anilines is 1. The number of nitrogens with zero attached hydrogens (tertiary/aromatic N) is 4. The second-order valence-electron chi connectivity index (χ2n) is 7.11. The molecule has 1 aromatic carbocycles. The van der Waals surface area contributed by atoms with Crippen LogP contribution in [0.3, 0.4) is 0 Å². The van der Waals surface area contributed by atoms with E-state index in [-0.39, 0.29) is 0 Å². The Bertz CT molecular complexity index is 1050. The quantitative estimate of drug-likeness (QED) is 0.579. The first-order valence-corrected chi connectivity index (χ1v) is 10.2. The van der Waals surface area contributed by atoms with Gasteiger partial charge in [0.15, 0.2) is 0 Å². The van der Waals surface area contributed by atoms with Crippen molar-refractivity contribution in [1.82, 2.24) is 9.97 Å². The highest BCUT2D eigenvalue weighted by molar-refractivity contribution is 7.11. The molecule has 4 rings (SSSR count). The van der Waals surface area contributed by atoms with Crippen molar-refractivity contribution in [2.24, 2.45) is 0 Å². The van der Waals surface area contributed by atoms with Crippen LogP contribution in [-0.4, -0.2) is 23.1 Å². The van der Waals surface area contributed by atoms with Crippen LogP contribution in [0.5, 0.6) is 0 Å². The van der Waals surface area contributed by atoms with E-state index in [1.54, 1.807) is 0 Å². The number of hydrogen-bond donors (Lipinski definition) is 0. The molecule has 1 aliphatic heterocycles. The Morgan fingerprint density at radius 2 is 1.96 bits per heavy atom. The highest BCUT2D eigenvalue weighted by atomic mass is 32.1.